The average molecular weight is 426 g/mol. The minimum Gasteiger partial charge on any atom is -0.535 e. The molecule has 1 aliphatic rings. The van der Waals surface area contributed by atoms with Gasteiger partial charge in [-0.05, 0) is 24.5 Å². The summed E-state index contributed by atoms with van der Waals surface area (Å²) < 4.78 is 42.3. The third-order valence-corrected chi connectivity index (χ3v) is 4.88. The van der Waals surface area contributed by atoms with E-state index in [1.54, 1.807) is 12.1 Å². The maximum absolute atomic E-state index is 13.6. The van der Waals surface area contributed by atoms with Crippen LogP contribution in [0.15, 0.2) is 18.2 Å². The Bertz CT molecular complexity index is 784. The summed E-state index contributed by atoms with van der Waals surface area (Å²) in [4.78, 5) is 35.6. The zero-order valence-corrected chi connectivity index (χ0v) is 17.0. The number of hydrogen-bond donors (Lipinski definition) is 1. The number of hydrogen-bond acceptors (Lipinski definition) is 7. The number of para-hydroxylation sites is 1. The lowest BCUT2D eigenvalue weighted by molar-refractivity contribution is -0.152. The minimum absolute atomic E-state index is 0.000165. The van der Waals surface area contributed by atoms with Gasteiger partial charge < -0.3 is 19.2 Å². The maximum Gasteiger partial charge on any atom is 0.526 e. The second-order valence-electron chi connectivity index (χ2n) is 7.12. The zero-order chi connectivity index (χ0) is 22.3. The van der Waals surface area contributed by atoms with E-state index in [1.165, 1.54) is 13.0 Å². The van der Waals surface area contributed by atoms with E-state index in [4.69, 9.17) is 14.1 Å². The lowest BCUT2D eigenvalue weighted by atomic mass is 9.64. The largest absolute Gasteiger partial charge is 0.535 e. The van der Waals surface area contributed by atoms with Crippen LogP contribution in [0.5, 0.6) is 5.75 Å². The molecule has 1 aromatic carbocycles. The van der Waals surface area contributed by atoms with Crippen LogP contribution in [0.2, 0.25) is 5.82 Å². The molecule has 0 unspecified atom stereocenters. The van der Waals surface area contributed by atoms with Crippen LogP contribution in [0.1, 0.15) is 61.9 Å². The molecule has 0 amide bonds. The Balaban J connectivity index is 2.03. The van der Waals surface area contributed by atoms with Gasteiger partial charge in [0.1, 0.15) is 11.3 Å². The first-order valence-corrected chi connectivity index (χ1v) is 9.90. The Hall–Kier alpha value is -2.49. The van der Waals surface area contributed by atoms with E-state index in [2.05, 4.69) is 0 Å². The number of ether oxygens (including phenoxy) is 2. The summed E-state index contributed by atoms with van der Waals surface area (Å²) in [5.41, 5.74) is 0.479. The number of esters is 2. The topological polar surface area (TPSA) is 99.1 Å². The van der Waals surface area contributed by atoms with Gasteiger partial charge in [0.25, 0.3) is 0 Å². The van der Waals surface area contributed by atoms with Gasteiger partial charge in [-0.3, -0.25) is 9.59 Å². The second-order valence-corrected chi connectivity index (χ2v) is 7.12. The molecule has 1 aromatic rings. The Labute approximate surface area is 173 Å². The van der Waals surface area contributed by atoms with E-state index in [9.17, 15) is 28.2 Å². The van der Waals surface area contributed by atoms with Gasteiger partial charge in [-0.1, -0.05) is 32.4 Å². The van der Waals surface area contributed by atoms with Gasteiger partial charge in [-0.15, -0.1) is 0 Å². The minimum atomic E-state index is -3.46. The molecule has 10 heteroatoms. The highest BCUT2D eigenvalue weighted by Gasteiger charge is 2.43. The van der Waals surface area contributed by atoms with Gasteiger partial charge in [0, 0.05) is 25.1 Å². The van der Waals surface area contributed by atoms with E-state index < -0.39 is 56.2 Å². The quantitative estimate of drug-likeness (QED) is 0.348. The van der Waals surface area contributed by atoms with Crippen LogP contribution in [-0.4, -0.2) is 42.6 Å². The summed E-state index contributed by atoms with van der Waals surface area (Å²) in [5, 5.41) is 10.2. The molecule has 1 atom stereocenters. The molecule has 0 radical (unpaired) electrons. The maximum atomic E-state index is 13.6. The summed E-state index contributed by atoms with van der Waals surface area (Å²) in [6.45, 7) is 2.58. The number of benzene rings is 1. The molecule has 0 saturated carbocycles. The molecule has 0 bridgehead atoms. The molecule has 1 aliphatic heterocycles. The van der Waals surface area contributed by atoms with Crippen molar-refractivity contribution in [2.75, 3.05) is 6.79 Å². The number of rotatable bonds is 10. The van der Waals surface area contributed by atoms with Gasteiger partial charge >= 0.3 is 25.0 Å². The first-order chi connectivity index (χ1) is 14.2. The van der Waals surface area contributed by atoms with Crippen molar-refractivity contribution in [3.8, 4) is 5.75 Å². The molecule has 164 valence electrons. The fourth-order valence-electron chi connectivity index (χ4n) is 3.02. The van der Waals surface area contributed by atoms with E-state index in [-0.39, 0.29) is 24.2 Å². The van der Waals surface area contributed by atoms with Crippen LogP contribution in [0.3, 0.4) is 0 Å². The number of Topliss-reactive ketones (excluding diaryl/α,β-unsaturated/α-hetero) is 1. The number of carbonyl (C=O) groups is 3. The van der Waals surface area contributed by atoms with Crippen molar-refractivity contribution < 1.29 is 42.3 Å². The fraction of sp³-hybridized carbons (Fsp3) is 0.550. The van der Waals surface area contributed by atoms with Crippen molar-refractivity contribution in [1.82, 2.24) is 0 Å². The number of ketones is 1. The van der Waals surface area contributed by atoms with Crippen LogP contribution < -0.4 is 4.65 Å². The van der Waals surface area contributed by atoms with E-state index in [1.807, 2.05) is 6.92 Å². The second kappa shape index (κ2) is 10.5. The summed E-state index contributed by atoms with van der Waals surface area (Å²) in [5.74, 6) is -6.84. The van der Waals surface area contributed by atoms with Crippen LogP contribution in [0.4, 0.5) is 8.78 Å². The molecule has 0 fully saturated rings. The molecular weight excluding hydrogens is 401 g/mol. The SMILES string of the molecule is CCCCC(=O)OCOC(=O)c1cccc2c1OB(O)[C@@H](CC(=O)C(F)(F)CC)C2. The Morgan fingerprint density at radius 2 is 2.00 bits per heavy atom. The van der Waals surface area contributed by atoms with Crippen molar-refractivity contribution in [1.29, 1.82) is 0 Å². The molecular formula is C20H25BF2O7. The molecule has 30 heavy (non-hydrogen) atoms. The molecule has 0 aliphatic carbocycles. The van der Waals surface area contributed by atoms with Crippen LogP contribution in [0, 0.1) is 0 Å². The normalized spacial score (nSPS) is 15.8. The molecule has 7 nitrogen and oxygen atoms in total. The van der Waals surface area contributed by atoms with Crippen LogP contribution >= 0.6 is 0 Å². The predicted molar refractivity (Wildman–Crippen MR) is 103 cm³/mol. The van der Waals surface area contributed by atoms with Gasteiger partial charge in [0.15, 0.2) is 0 Å². The molecule has 0 spiro atoms. The van der Waals surface area contributed by atoms with Crippen molar-refractivity contribution in [3.05, 3.63) is 29.3 Å². The Morgan fingerprint density at radius 1 is 1.27 bits per heavy atom. The highest BCUT2D eigenvalue weighted by atomic mass is 19.3. The lowest BCUT2D eigenvalue weighted by Gasteiger charge is -2.29. The summed E-state index contributed by atoms with van der Waals surface area (Å²) in [6.07, 6.45) is 0.622. The average Bonchev–Trinajstić information content (AvgIpc) is 2.72. The Kier molecular flexibility index (Phi) is 8.34. The van der Waals surface area contributed by atoms with Crippen molar-refractivity contribution >= 4 is 24.8 Å². The molecule has 0 aromatic heterocycles. The highest BCUT2D eigenvalue weighted by Crippen LogP contribution is 2.38. The third-order valence-electron chi connectivity index (χ3n) is 4.88. The first kappa shape index (κ1) is 23.8. The molecule has 1 N–H and O–H groups in total. The first-order valence-electron chi connectivity index (χ1n) is 9.90. The zero-order valence-electron chi connectivity index (χ0n) is 17.0. The van der Waals surface area contributed by atoms with Gasteiger partial charge in [0.2, 0.25) is 12.6 Å². The van der Waals surface area contributed by atoms with E-state index in [0.717, 1.165) is 6.42 Å². The van der Waals surface area contributed by atoms with E-state index in [0.29, 0.717) is 12.0 Å². The van der Waals surface area contributed by atoms with Crippen molar-refractivity contribution in [2.45, 2.75) is 64.1 Å². The van der Waals surface area contributed by atoms with Gasteiger partial charge in [-0.25, -0.2) is 4.79 Å². The third kappa shape index (κ3) is 6.01. The lowest BCUT2D eigenvalue weighted by Crippen LogP contribution is -2.38. The predicted octanol–water partition coefficient (Wildman–Crippen LogP) is 3.32. The summed E-state index contributed by atoms with van der Waals surface area (Å²) in [6, 6.07) is 4.56. The van der Waals surface area contributed by atoms with E-state index >= 15 is 0 Å². The number of carbonyl (C=O) groups excluding carboxylic acids is 3. The monoisotopic (exact) mass is 426 g/mol. The van der Waals surface area contributed by atoms with Crippen molar-refractivity contribution in [2.24, 2.45) is 0 Å². The Morgan fingerprint density at radius 3 is 2.67 bits per heavy atom. The van der Waals surface area contributed by atoms with Crippen LogP contribution in [0.25, 0.3) is 0 Å². The number of alkyl halides is 2. The van der Waals surface area contributed by atoms with Gasteiger partial charge in [0.05, 0.1) is 0 Å². The number of unbranched alkanes of at least 4 members (excludes halogenated alkanes) is 1. The molecule has 2 rings (SSSR count). The molecule has 0 saturated heterocycles. The number of fused-ring (bicyclic) bond motifs is 1. The number of halogens is 2. The van der Waals surface area contributed by atoms with Crippen LogP contribution in [-0.2, 0) is 25.5 Å². The summed E-state index contributed by atoms with van der Waals surface area (Å²) >= 11 is 0. The molecule has 1 heterocycles. The summed E-state index contributed by atoms with van der Waals surface area (Å²) in [7, 11) is -1.53. The van der Waals surface area contributed by atoms with Crippen molar-refractivity contribution in [3.63, 3.8) is 0 Å². The highest BCUT2D eigenvalue weighted by molar-refractivity contribution is 6.47. The fourth-order valence-corrected chi connectivity index (χ4v) is 3.02. The standard InChI is InChI=1S/C20H25BF2O7/c1-3-5-9-17(25)28-12-29-19(26)15-8-6-7-13-10-14(21(27)30-18(13)15)11-16(24)20(22,23)4-2/h6-8,14,27H,3-5,9-12H2,1-2H3/t14-/m1/s1. The smallest absolute Gasteiger partial charge is 0.526 e. The van der Waals surface area contributed by atoms with Gasteiger partial charge in [-0.2, -0.15) is 8.78 Å².